The molecule has 10 heteroatoms. The lowest BCUT2D eigenvalue weighted by atomic mass is 9.95. The third kappa shape index (κ3) is 5.99. The number of hydrogen-bond acceptors (Lipinski definition) is 3. The molecule has 1 aliphatic carbocycles. The minimum atomic E-state index is -4.55. The third-order valence-electron chi connectivity index (χ3n) is 5.18. The topological polar surface area (TPSA) is 66.5 Å². The van der Waals surface area contributed by atoms with E-state index in [1.165, 1.54) is 36.4 Å². The van der Waals surface area contributed by atoms with Gasteiger partial charge in [-0.25, -0.2) is 8.42 Å². The van der Waals surface area contributed by atoms with Crippen LogP contribution in [-0.4, -0.2) is 31.2 Å². The number of hydrogen-bond donors (Lipinski definition) is 1. The molecule has 1 amide bonds. The molecule has 0 unspecified atom stereocenters. The number of carbonyl (C=O) groups is 1. The zero-order valence-electron chi connectivity index (χ0n) is 16.5. The molecule has 0 atom stereocenters. The molecule has 0 heterocycles. The van der Waals surface area contributed by atoms with Gasteiger partial charge in [-0.1, -0.05) is 36.9 Å². The lowest BCUT2D eigenvalue weighted by Gasteiger charge is -2.33. The summed E-state index contributed by atoms with van der Waals surface area (Å²) in [5.41, 5.74) is -0.949. The van der Waals surface area contributed by atoms with E-state index in [2.05, 4.69) is 5.32 Å². The van der Waals surface area contributed by atoms with Crippen LogP contribution in [0.2, 0.25) is 5.02 Å². The summed E-state index contributed by atoms with van der Waals surface area (Å²) in [4.78, 5) is 12.6. The molecule has 2 aromatic rings. The second-order valence-electron chi connectivity index (χ2n) is 7.42. The van der Waals surface area contributed by atoms with Crippen molar-refractivity contribution in [2.24, 2.45) is 0 Å². The third-order valence-corrected chi connectivity index (χ3v) is 7.34. The highest BCUT2D eigenvalue weighted by molar-refractivity contribution is 7.89. The van der Waals surface area contributed by atoms with E-state index < -0.39 is 34.2 Å². The van der Waals surface area contributed by atoms with Gasteiger partial charge in [-0.05, 0) is 55.3 Å². The Bertz CT molecular complexity index is 1020. The first-order valence-electron chi connectivity index (χ1n) is 9.82. The van der Waals surface area contributed by atoms with Crippen molar-refractivity contribution in [2.75, 3.05) is 11.9 Å². The first kappa shape index (κ1) is 23.6. The molecule has 0 aromatic heterocycles. The quantitative estimate of drug-likeness (QED) is 0.616. The number of nitrogens with one attached hydrogen (secondary N) is 1. The second-order valence-corrected chi connectivity index (χ2v) is 9.75. The van der Waals surface area contributed by atoms with Crippen molar-refractivity contribution >= 4 is 33.2 Å². The number of rotatable bonds is 6. The van der Waals surface area contributed by atoms with Gasteiger partial charge in [0.25, 0.3) is 0 Å². The lowest BCUT2D eigenvalue weighted by molar-refractivity contribution is -0.137. The van der Waals surface area contributed by atoms with Crippen LogP contribution in [0.5, 0.6) is 0 Å². The summed E-state index contributed by atoms with van der Waals surface area (Å²) in [7, 11) is -4.00. The Hall–Kier alpha value is -2.10. The molecule has 0 spiro atoms. The summed E-state index contributed by atoms with van der Waals surface area (Å²) >= 11 is 5.86. The van der Waals surface area contributed by atoms with E-state index >= 15 is 0 Å². The number of anilines is 1. The highest BCUT2D eigenvalue weighted by Gasteiger charge is 2.34. The van der Waals surface area contributed by atoms with E-state index in [4.69, 9.17) is 11.6 Å². The SMILES string of the molecule is O=C(CN(C1CCCCC1)S(=O)(=O)c1ccc(Cl)cc1)Nc1cccc(C(F)(F)F)c1. The van der Waals surface area contributed by atoms with Crippen LogP contribution in [0.1, 0.15) is 37.7 Å². The van der Waals surface area contributed by atoms with Crippen LogP contribution in [0.25, 0.3) is 0 Å². The van der Waals surface area contributed by atoms with E-state index in [0.29, 0.717) is 17.9 Å². The highest BCUT2D eigenvalue weighted by Crippen LogP contribution is 2.31. The predicted octanol–water partition coefficient (Wildman–Crippen LogP) is 5.32. The van der Waals surface area contributed by atoms with Crippen molar-refractivity contribution < 1.29 is 26.4 Å². The van der Waals surface area contributed by atoms with Crippen LogP contribution in [0.4, 0.5) is 18.9 Å². The van der Waals surface area contributed by atoms with Crippen molar-refractivity contribution in [3.05, 3.63) is 59.1 Å². The number of alkyl halides is 3. The van der Waals surface area contributed by atoms with Crippen LogP contribution in [0, 0.1) is 0 Å². The van der Waals surface area contributed by atoms with E-state index in [-0.39, 0.29) is 16.6 Å². The molecule has 2 aromatic carbocycles. The number of amides is 1. The van der Waals surface area contributed by atoms with Gasteiger partial charge < -0.3 is 5.32 Å². The monoisotopic (exact) mass is 474 g/mol. The van der Waals surface area contributed by atoms with Gasteiger partial charge in [0.15, 0.2) is 0 Å². The van der Waals surface area contributed by atoms with Gasteiger partial charge in [-0.15, -0.1) is 0 Å². The molecular formula is C21H22ClF3N2O3S. The zero-order chi connectivity index (χ0) is 22.6. The Labute approximate surface area is 184 Å². The van der Waals surface area contributed by atoms with Gasteiger partial charge in [-0.3, -0.25) is 4.79 Å². The average molecular weight is 475 g/mol. The summed E-state index contributed by atoms with van der Waals surface area (Å²) in [5.74, 6) is -0.706. The Balaban J connectivity index is 1.83. The smallest absolute Gasteiger partial charge is 0.325 e. The van der Waals surface area contributed by atoms with E-state index in [0.717, 1.165) is 35.7 Å². The van der Waals surface area contributed by atoms with Crippen LogP contribution >= 0.6 is 11.6 Å². The molecule has 5 nitrogen and oxygen atoms in total. The number of nitrogens with zero attached hydrogens (tertiary/aromatic N) is 1. The lowest BCUT2D eigenvalue weighted by Crippen LogP contribution is -2.45. The number of carbonyl (C=O) groups excluding carboxylic acids is 1. The van der Waals surface area contributed by atoms with Gasteiger partial charge in [0, 0.05) is 16.8 Å². The summed E-state index contributed by atoms with van der Waals surface area (Å²) in [5, 5.41) is 2.77. The molecule has 1 fully saturated rings. The molecule has 0 radical (unpaired) electrons. The molecule has 1 N–H and O–H groups in total. The maximum atomic E-state index is 13.3. The number of benzene rings is 2. The van der Waals surface area contributed by atoms with Crippen LogP contribution < -0.4 is 5.32 Å². The van der Waals surface area contributed by atoms with Crippen LogP contribution in [0.3, 0.4) is 0 Å². The minimum Gasteiger partial charge on any atom is -0.325 e. The van der Waals surface area contributed by atoms with Crippen molar-refractivity contribution in [3.63, 3.8) is 0 Å². The summed E-state index contributed by atoms with van der Waals surface area (Å²) < 4.78 is 66.5. The maximum Gasteiger partial charge on any atom is 0.416 e. The van der Waals surface area contributed by atoms with Gasteiger partial charge in [0.2, 0.25) is 15.9 Å². The molecule has 0 saturated heterocycles. The van der Waals surface area contributed by atoms with Crippen molar-refractivity contribution in [3.8, 4) is 0 Å². The predicted molar refractivity (Wildman–Crippen MR) is 112 cm³/mol. The van der Waals surface area contributed by atoms with Crippen molar-refractivity contribution in [1.82, 2.24) is 4.31 Å². The van der Waals surface area contributed by atoms with Gasteiger partial charge in [0.1, 0.15) is 0 Å². The Morgan fingerprint density at radius 1 is 1.06 bits per heavy atom. The first-order valence-corrected chi connectivity index (χ1v) is 11.6. The van der Waals surface area contributed by atoms with Gasteiger partial charge >= 0.3 is 6.18 Å². The van der Waals surface area contributed by atoms with Crippen molar-refractivity contribution in [2.45, 2.75) is 49.2 Å². The Morgan fingerprint density at radius 3 is 2.32 bits per heavy atom. The molecule has 1 aliphatic rings. The largest absolute Gasteiger partial charge is 0.416 e. The molecule has 168 valence electrons. The van der Waals surface area contributed by atoms with Crippen LogP contribution in [0.15, 0.2) is 53.4 Å². The fourth-order valence-electron chi connectivity index (χ4n) is 3.64. The fraction of sp³-hybridized carbons (Fsp3) is 0.381. The molecule has 1 saturated carbocycles. The van der Waals surface area contributed by atoms with E-state index in [1.807, 2.05) is 0 Å². The van der Waals surface area contributed by atoms with Gasteiger partial charge in [-0.2, -0.15) is 17.5 Å². The van der Waals surface area contributed by atoms with E-state index in [1.54, 1.807) is 0 Å². The Morgan fingerprint density at radius 2 is 1.71 bits per heavy atom. The normalized spacial score (nSPS) is 15.8. The van der Waals surface area contributed by atoms with Crippen LogP contribution in [-0.2, 0) is 21.0 Å². The maximum absolute atomic E-state index is 13.3. The van der Waals surface area contributed by atoms with E-state index in [9.17, 15) is 26.4 Å². The second kappa shape index (κ2) is 9.58. The molecular weight excluding hydrogens is 453 g/mol. The standard InChI is InChI=1S/C21H22ClF3N2O3S/c22-16-9-11-19(12-10-16)31(29,30)27(18-7-2-1-3-8-18)14-20(28)26-17-6-4-5-15(13-17)21(23,24)25/h4-6,9-13,18H,1-3,7-8,14H2,(H,26,28). The summed E-state index contributed by atoms with van der Waals surface area (Å²) in [6.07, 6.45) is -0.652. The molecule has 0 bridgehead atoms. The first-order chi connectivity index (χ1) is 14.6. The Kier molecular flexibility index (Phi) is 7.28. The number of sulfonamides is 1. The summed E-state index contributed by atoms with van der Waals surface area (Å²) in [6, 6.07) is 9.52. The van der Waals surface area contributed by atoms with Gasteiger partial charge in [0.05, 0.1) is 17.0 Å². The molecule has 0 aliphatic heterocycles. The zero-order valence-corrected chi connectivity index (χ0v) is 18.1. The number of halogens is 4. The highest BCUT2D eigenvalue weighted by atomic mass is 35.5. The molecule has 3 rings (SSSR count). The fourth-order valence-corrected chi connectivity index (χ4v) is 5.40. The minimum absolute atomic E-state index is 0.00865. The van der Waals surface area contributed by atoms with Crippen molar-refractivity contribution in [1.29, 1.82) is 0 Å². The molecule has 31 heavy (non-hydrogen) atoms. The average Bonchev–Trinajstić information content (AvgIpc) is 2.72. The summed E-state index contributed by atoms with van der Waals surface area (Å²) in [6.45, 7) is -0.494.